The molecule has 2 heterocycles. The minimum atomic E-state index is -0.946. The summed E-state index contributed by atoms with van der Waals surface area (Å²) in [7, 11) is 0. The van der Waals surface area contributed by atoms with Gasteiger partial charge in [-0.25, -0.2) is 9.59 Å². The summed E-state index contributed by atoms with van der Waals surface area (Å²) in [5, 5.41) is 2.42. The fourth-order valence-electron chi connectivity index (χ4n) is 3.19. The number of anilines is 1. The molecule has 3 atom stereocenters. The third-order valence-electron chi connectivity index (χ3n) is 4.56. The average molecular weight is 429 g/mol. The van der Waals surface area contributed by atoms with Gasteiger partial charge in [0.05, 0.1) is 11.7 Å². The third kappa shape index (κ3) is 5.76. The van der Waals surface area contributed by atoms with E-state index in [1.54, 1.807) is 24.3 Å². The third-order valence-corrected chi connectivity index (χ3v) is 4.56. The Kier molecular flexibility index (Phi) is 6.81. The Morgan fingerprint density at radius 1 is 1.19 bits per heavy atom. The van der Waals surface area contributed by atoms with Crippen LogP contribution in [0.5, 0.6) is 0 Å². The Hall–Kier alpha value is -3.53. The predicted molar refractivity (Wildman–Crippen MR) is 108 cm³/mol. The number of benzene rings is 1. The van der Waals surface area contributed by atoms with E-state index < -0.39 is 36.1 Å². The number of nitrogens with zero attached hydrogens (tertiary/aromatic N) is 2. The molecule has 31 heavy (non-hydrogen) atoms. The number of nitrogens with one attached hydrogen (secondary N) is 1. The normalized spacial score (nSPS) is 20.2. The molecule has 0 bridgehead atoms. The summed E-state index contributed by atoms with van der Waals surface area (Å²) in [4.78, 5) is 51.1. The van der Waals surface area contributed by atoms with Crippen LogP contribution in [0.4, 0.5) is 5.82 Å². The van der Waals surface area contributed by atoms with Gasteiger partial charge in [0.25, 0.3) is 0 Å². The molecule has 10 nitrogen and oxygen atoms in total. The summed E-state index contributed by atoms with van der Waals surface area (Å²) in [5.74, 6) is -1.31. The molecule has 0 aliphatic carbocycles. The van der Waals surface area contributed by atoms with Gasteiger partial charge in [0.2, 0.25) is 5.91 Å². The first-order chi connectivity index (χ1) is 14.7. The number of hydrogen-bond acceptors (Lipinski definition) is 8. The first kappa shape index (κ1) is 22.2. The van der Waals surface area contributed by atoms with Crippen LogP contribution in [0.1, 0.15) is 42.4 Å². The average Bonchev–Trinajstić information content (AvgIpc) is 3.08. The van der Waals surface area contributed by atoms with Crippen molar-refractivity contribution in [2.45, 2.75) is 45.6 Å². The second-order valence-corrected chi connectivity index (χ2v) is 7.18. The quantitative estimate of drug-likeness (QED) is 0.686. The zero-order chi connectivity index (χ0) is 22.5. The number of rotatable bonds is 6. The van der Waals surface area contributed by atoms with E-state index in [0.717, 1.165) is 5.56 Å². The molecule has 10 heteroatoms. The van der Waals surface area contributed by atoms with Crippen LogP contribution in [0.25, 0.3) is 0 Å². The maximum Gasteiger partial charge on any atom is 0.351 e. The molecule has 164 valence electrons. The van der Waals surface area contributed by atoms with E-state index >= 15 is 0 Å². The molecule has 2 aromatic rings. The topological polar surface area (TPSA) is 126 Å². The summed E-state index contributed by atoms with van der Waals surface area (Å²) >= 11 is 0. The van der Waals surface area contributed by atoms with Crippen LogP contribution in [0.2, 0.25) is 0 Å². The Balaban J connectivity index is 1.71. The van der Waals surface area contributed by atoms with Crippen molar-refractivity contribution in [3.05, 3.63) is 58.1 Å². The lowest BCUT2D eigenvalue weighted by Crippen LogP contribution is -2.34. The highest BCUT2D eigenvalue weighted by Crippen LogP contribution is 2.31. The van der Waals surface area contributed by atoms with Crippen molar-refractivity contribution in [1.82, 2.24) is 9.55 Å². The summed E-state index contributed by atoms with van der Waals surface area (Å²) in [5.41, 5.74) is 0.739. The van der Waals surface area contributed by atoms with Crippen molar-refractivity contribution in [3.63, 3.8) is 0 Å². The van der Waals surface area contributed by atoms with Gasteiger partial charge < -0.3 is 19.5 Å². The van der Waals surface area contributed by atoms with Gasteiger partial charge in [0.1, 0.15) is 18.5 Å². The fourth-order valence-corrected chi connectivity index (χ4v) is 3.19. The van der Waals surface area contributed by atoms with Gasteiger partial charge in [0.15, 0.2) is 6.23 Å². The van der Waals surface area contributed by atoms with Gasteiger partial charge in [-0.15, -0.1) is 0 Å². The number of aromatic nitrogens is 2. The molecular formula is C21H23N3O7. The smallest absolute Gasteiger partial charge is 0.351 e. The Bertz CT molecular complexity index is 1030. The molecule has 3 rings (SSSR count). The van der Waals surface area contributed by atoms with E-state index in [2.05, 4.69) is 10.3 Å². The lowest BCUT2D eigenvalue weighted by atomic mass is 10.1. The Morgan fingerprint density at radius 3 is 2.52 bits per heavy atom. The van der Waals surface area contributed by atoms with Crippen molar-refractivity contribution in [2.75, 3.05) is 11.9 Å². The maximum absolute atomic E-state index is 12.4. The first-order valence-corrected chi connectivity index (χ1v) is 9.66. The lowest BCUT2D eigenvalue weighted by Gasteiger charge is -2.20. The number of hydrogen-bond donors (Lipinski definition) is 1. The van der Waals surface area contributed by atoms with Crippen LogP contribution < -0.4 is 11.0 Å². The Morgan fingerprint density at radius 2 is 1.90 bits per heavy atom. The van der Waals surface area contributed by atoms with Gasteiger partial charge in [-0.05, 0) is 25.1 Å². The monoisotopic (exact) mass is 429 g/mol. The highest BCUT2D eigenvalue weighted by molar-refractivity contribution is 5.89. The van der Waals surface area contributed by atoms with Gasteiger partial charge in [-0.1, -0.05) is 17.7 Å². The number of ether oxygens (including phenoxy) is 3. The molecule has 1 aromatic heterocycles. The van der Waals surface area contributed by atoms with Crippen molar-refractivity contribution in [1.29, 1.82) is 0 Å². The molecule has 0 spiro atoms. The van der Waals surface area contributed by atoms with Crippen LogP contribution in [0.3, 0.4) is 0 Å². The van der Waals surface area contributed by atoms with E-state index in [-0.39, 0.29) is 24.8 Å². The molecule has 1 amide bonds. The van der Waals surface area contributed by atoms with E-state index in [1.807, 2.05) is 6.92 Å². The van der Waals surface area contributed by atoms with Crippen LogP contribution in [0, 0.1) is 6.92 Å². The highest BCUT2D eigenvalue weighted by atomic mass is 16.6. The fraction of sp³-hybridized carbons (Fsp3) is 0.381. The molecule has 1 aliphatic rings. The van der Waals surface area contributed by atoms with Crippen LogP contribution in [0.15, 0.2) is 41.3 Å². The molecule has 0 unspecified atom stereocenters. The van der Waals surface area contributed by atoms with E-state index in [0.29, 0.717) is 5.56 Å². The lowest BCUT2D eigenvalue weighted by molar-refractivity contribution is -0.152. The van der Waals surface area contributed by atoms with Crippen molar-refractivity contribution >= 4 is 23.7 Å². The summed E-state index contributed by atoms with van der Waals surface area (Å²) < 4.78 is 17.6. The molecule has 1 aliphatic heterocycles. The SMILES string of the molecule is CC(=O)Nc1ccn([C@@H]2O[C@H](COC(=O)c3ccc(C)cc3)C[C@H]2OC(C)=O)c(=O)n1. The predicted octanol–water partition coefficient (Wildman–Crippen LogP) is 1.59. The zero-order valence-electron chi connectivity index (χ0n) is 17.4. The molecule has 0 saturated carbocycles. The van der Waals surface area contributed by atoms with Gasteiger partial charge >= 0.3 is 17.6 Å². The van der Waals surface area contributed by atoms with Crippen LogP contribution in [-0.2, 0) is 23.8 Å². The standard InChI is InChI=1S/C21H23N3O7/c1-12-4-6-15(7-5-12)20(27)29-11-16-10-17(30-14(3)26)19(31-16)24-9-8-18(22-13(2)25)23-21(24)28/h4-9,16-17,19H,10-11H2,1-3H3,(H,22,23,25,28)/t16-,17+,19+/m0/s1. The number of carbonyl (C=O) groups is 3. The molecule has 0 radical (unpaired) electrons. The molecule has 1 aromatic carbocycles. The largest absolute Gasteiger partial charge is 0.459 e. The van der Waals surface area contributed by atoms with Crippen molar-refractivity contribution < 1.29 is 28.6 Å². The molecular weight excluding hydrogens is 406 g/mol. The number of esters is 2. The number of aryl methyl sites for hydroxylation is 1. The second kappa shape index (κ2) is 9.52. The maximum atomic E-state index is 12.4. The van der Waals surface area contributed by atoms with Crippen molar-refractivity contribution in [3.8, 4) is 0 Å². The van der Waals surface area contributed by atoms with Gasteiger partial charge in [0, 0.05) is 26.5 Å². The number of amides is 1. The van der Waals surface area contributed by atoms with E-state index in [1.165, 1.54) is 30.7 Å². The minimum absolute atomic E-state index is 0.0763. The molecule has 1 saturated heterocycles. The van der Waals surface area contributed by atoms with Gasteiger partial charge in [-0.2, -0.15) is 4.98 Å². The van der Waals surface area contributed by atoms with Crippen LogP contribution >= 0.6 is 0 Å². The first-order valence-electron chi connectivity index (χ1n) is 9.66. The molecule has 1 fully saturated rings. The summed E-state index contributed by atoms with van der Waals surface area (Å²) in [6, 6.07) is 8.37. The highest BCUT2D eigenvalue weighted by Gasteiger charge is 2.40. The van der Waals surface area contributed by atoms with E-state index in [9.17, 15) is 19.2 Å². The minimum Gasteiger partial charge on any atom is -0.459 e. The summed E-state index contributed by atoms with van der Waals surface area (Å²) in [6.45, 7) is 4.39. The Labute approximate surface area is 178 Å². The van der Waals surface area contributed by atoms with Crippen molar-refractivity contribution in [2.24, 2.45) is 0 Å². The van der Waals surface area contributed by atoms with Crippen LogP contribution in [-0.4, -0.2) is 46.2 Å². The second-order valence-electron chi connectivity index (χ2n) is 7.18. The molecule has 1 N–H and O–H groups in total. The van der Waals surface area contributed by atoms with Gasteiger partial charge in [-0.3, -0.25) is 14.2 Å². The zero-order valence-corrected chi connectivity index (χ0v) is 17.4. The summed E-state index contributed by atoms with van der Waals surface area (Å²) in [6.07, 6.45) is -0.691. The van der Waals surface area contributed by atoms with E-state index in [4.69, 9.17) is 14.2 Å². The number of carbonyl (C=O) groups excluding carboxylic acids is 3.